The standard InChI is InChI=1S/C13H20N2O5S/c1-9(2)11(6-7-16)14-10-4-5-12(15(17)18)13(8-10)21(3,19)20/h4-5,8-9,11,14,16H,6-7H2,1-3H3. The van der Waals surface area contributed by atoms with Crippen LogP contribution in [-0.4, -0.2) is 37.4 Å². The molecule has 0 heterocycles. The first-order chi connectivity index (χ1) is 9.66. The zero-order valence-electron chi connectivity index (χ0n) is 12.2. The highest BCUT2D eigenvalue weighted by atomic mass is 32.2. The number of nitrogens with one attached hydrogen (secondary N) is 1. The average molecular weight is 316 g/mol. The van der Waals surface area contributed by atoms with Crippen LogP contribution in [0.3, 0.4) is 0 Å². The molecule has 0 aromatic heterocycles. The van der Waals surface area contributed by atoms with Crippen LogP contribution in [0.25, 0.3) is 0 Å². The summed E-state index contributed by atoms with van der Waals surface area (Å²) in [5.74, 6) is 0.217. The quantitative estimate of drug-likeness (QED) is 0.586. The van der Waals surface area contributed by atoms with E-state index in [1.807, 2.05) is 13.8 Å². The molecule has 8 heteroatoms. The molecule has 0 radical (unpaired) electrons. The third-order valence-corrected chi connectivity index (χ3v) is 4.28. The summed E-state index contributed by atoms with van der Waals surface area (Å²) in [6.45, 7) is 3.94. The van der Waals surface area contributed by atoms with Crippen LogP contribution in [0, 0.1) is 16.0 Å². The van der Waals surface area contributed by atoms with E-state index in [9.17, 15) is 18.5 Å². The summed E-state index contributed by atoms with van der Waals surface area (Å²) in [5.41, 5.74) is 0.0412. The summed E-state index contributed by atoms with van der Waals surface area (Å²) in [6, 6.07) is 3.86. The van der Waals surface area contributed by atoms with E-state index < -0.39 is 20.4 Å². The summed E-state index contributed by atoms with van der Waals surface area (Å²) in [6.07, 6.45) is 1.44. The molecule has 0 aliphatic carbocycles. The Bertz CT molecular complexity index is 613. The topological polar surface area (TPSA) is 110 Å². The van der Waals surface area contributed by atoms with Gasteiger partial charge in [0.25, 0.3) is 5.69 Å². The molecule has 21 heavy (non-hydrogen) atoms. The Morgan fingerprint density at radius 2 is 2.00 bits per heavy atom. The van der Waals surface area contributed by atoms with E-state index in [2.05, 4.69) is 5.32 Å². The third-order valence-electron chi connectivity index (χ3n) is 3.15. The zero-order chi connectivity index (χ0) is 16.2. The van der Waals surface area contributed by atoms with Crippen LogP contribution in [-0.2, 0) is 9.84 Å². The molecule has 0 saturated carbocycles. The summed E-state index contributed by atoms with van der Waals surface area (Å²) < 4.78 is 23.4. The number of nitrogens with zero attached hydrogens (tertiary/aromatic N) is 1. The van der Waals surface area contributed by atoms with Gasteiger partial charge < -0.3 is 10.4 Å². The lowest BCUT2D eigenvalue weighted by Gasteiger charge is -2.23. The van der Waals surface area contributed by atoms with Crippen molar-refractivity contribution in [1.82, 2.24) is 0 Å². The first-order valence-electron chi connectivity index (χ1n) is 6.52. The van der Waals surface area contributed by atoms with Crippen LogP contribution in [0.15, 0.2) is 23.1 Å². The van der Waals surface area contributed by atoms with Crippen molar-refractivity contribution >= 4 is 21.2 Å². The Balaban J connectivity index is 3.19. The molecule has 118 valence electrons. The highest BCUT2D eigenvalue weighted by Gasteiger charge is 2.23. The second-order valence-electron chi connectivity index (χ2n) is 5.22. The minimum Gasteiger partial charge on any atom is -0.396 e. The predicted molar refractivity (Wildman–Crippen MR) is 80.2 cm³/mol. The van der Waals surface area contributed by atoms with Crippen molar-refractivity contribution < 1.29 is 18.4 Å². The van der Waals surface area contributed by atoms with Crippen molar-refractivity contribution in [1.29, 1.82) is 0 Å². The van der Waals surface area contributed by atoms with Gasteiger partial charge in [0.1, 0.15) is 4.90 Å². The molecular formula is C13H20N2O5S. The van der Waals surface area contributed by atoms with Crippen molar-refractivity contribution in [2.24, 2.45) is 5.92 Å². The van der Waals surface area contributed by atoms with Gasteiger partial charge in [0.05, 0.1) is 4.92 Å². The maximum atomic E-state index is 11.7. The van der Waals surface area contributed by atoms with Gasteiger partial charge >= 0.3 is 0 Å². The van der Waals surface area contributed by atoms with Gasteiger partial charge in [0.2, 0.25) is 0 Å². The second kappa shape index (κ2) is 6.86. The van der Waals surface area contributed by atoms with E-state index in [0.717, 1.165) is 6.26 Å². The Kier molecular flexibility index (Phi) is 5.68. The molecule has 7 nitrogen and oxygen atoms in total. The van der Waals surface area contributed by atoms with Crippen LogP contribution in [0.1, 0.15) is 20.3 Å². The highest BCUT2D eigenvalue weighted by Crippen LogP contribution is 2.28. The Labute approximate surface area is 124 Å². The number of hydrogen-bond donors (Lipinski definition) is 2. The van der Waals surface area contributed by atoms with E-state index in [1.165, 1.54) is 18.2 Å². The van der Waals surface area contributed by atoms with Gasteiger partial charge in [-0.2, -0.15) is 0 Å². The largest absolute Gasteiger partial charge is 0.396 e. The van der Waals surface area contributed by atoms with Gasteiger partial charge in [-0.3, -0.25) is 10.1 Å². The molecule has 0 amide bonds. The SMILES string of the molecule is CC(C)C(CCO)Nc1ccc([N+](=O)[O-])c(S(C)(=O)=O)c1. The van der Waals surface area contributed by atoms with Gasteiger partial charge in [-0.25, -0.2) is 8.42 Å². The maximum Gasteiger partial charge on any atom is 0.288 e. The van der Waals surface area contributed by atoms with E-state index >= 15 is 0 Å². The second-order valence-corrected chi connectivity index (χ2v) is 7.20. The number of rotatable bonds is 7. The minimum absolute atomic E-state index is 0.00175. The number of nitro benzene ring substituents is 1. The van der Waals surface area contributed by atoms with Crippen molar-refractivity contribution in [2.45, 2.75) is 31.2 Å². The van der Waals surface area contributed by atoms with Crippen molar-refractivity contribution in [3.8, 4) is 0 Å². The van der Waals surface area contributed by atoms with Gasteiger partial charge in [-0.05, 0) is 24.5 Å². The Morgan fingerprint density at radius 3 is 2.43 bits per heavy atom. The molecule has 0 aliphatic heterocycles. The van der Waals surface area contributed by atoms with Crippen LogP contribution in [0.2, 0.25) is 0 Å². The van der Waals surface area contributed by atoms with E-state index in [0.29, 0.717) is 12.1 Å². The lowest BCUT2D eigenvalue weighted by Crippen LogP contribution is -2.26. The molecule has 0 aliphatic rings. The van der Waals surface area contributed by atoms with Crippen LogP contribution >= 0.6 is 0 Å². The Morgan fingerprint density at radius 1 is 1.38 bits per heavy atom. The number of benzene rings is 1. The molecule has 1 aromatic rings. The molecule has 0 spiro atoms. The van der Waals surface area contributed by atoms with Gasteiger partial charge in [0, 0.05) is 30.7 Å². The molecule has 0 saturated heterocycles. The monoisotopic (exact) mass is 316 g/mol. The number of hydrogen-bond acceptors (Lipinski definition) is 6. The molecule has 0 fully saturated rings. The number of aliphatic hydroxyl groups excluding tert-OH is 1. The normalized spacial score (nSPS) is 13.2. The molecule has 1 atom stereocenters. The summed E-state index contributed by atoms with van der Waals surface area (Å²) >= 11 is 0. The maximum absolute atomic E-state index is 11.7. The van der Waals surface area contributed by atoms with Gasteiger partial charge in [0.15, 0.2) is 9.84 Å². The van der Waals surface area contributed by atoms with Crippen LogP contribution in [0.4, 0.5) is 11.4 Å². The fraction of sp³-hybridized carbons (Fsp3) is 0.538. The van der Waals surface area contributed by atoms with Crippen molar-refractivity contribution in [2.75, 3.05) is 18.2 Å². The lowest BCUT2D eigenvalue weighted by molar-refractivity contribution is -0.387. The predicted octanol–water partition coefficient (Wildman–Crippen LogP) is 1.82. The molecule has 0 bridgehead atoms. The summed E-state index contributed by atoms with van der Waals surface area (Å²) in [4.78, 5) is 9.87. The number of anilines is 1. The van der Waals surface area contributed by atoms with E-state index in [1.54, 1.807) is 0 Å². The Hall–Kier alpha value is -1.67. The molecule has 1 rings (SSSR count). The smallest absolute Gasteiger partial charge is 0.288 e. The van der Waals surface area contributed by atoms with Gasteiger partial charge in [-0.1, -0.05) is 13.8 Å². The number of aliphatic hydroxyl groups is 1. The summed E-state index contributed by atoms with van der Waals surface area (Å²) in [7, 11) is -3.70. The molecule has 1 unspecified atom stereocenters. The number of sulfone groups is 1. The summed E-state index contributed by atoms with van der Waals surface area (Å²) in [5, 5.41) is 23.1. The van der Waals surface area contributed by atoms with Crippen molar-refractivity contribution in [3.63, 3.8) is 0 Å². The fourth-order valence-electron chi connectivity index (χ4n) is 1.98. The molecular weight excluding hydrogens is 296 g/mol. The molecule has 1 aromatic carbocycles. The van der Waals surface area contributed by atoms with Crippen molar-refractivity contribution in [3.05, 3.63) is 28.3 Å². The molecule has 2 N–H and O–H groups in total. The van der Waals surface area contributed by atoms with Crippen LogP contribution in [0.5, 0.6) is 0 Å². The van der Waals surface area contributed by atoms with Gasteiger partial charge in [-0.15, -0.1) is 0 Å². The first kappa shape index (κ1) is 17.4. The fourth-order valence-corrected chi connectivity index (χ4v) is 2.84. The zero-order valence-corrected chi connectivity index (χ0v) is 13.1. The van der Waals surface area contributed by atoms with E-state index in [4.69, 9.17) is 5.11 Å². The minimum atomic E-state index is -3.70. The highest BCUT2D eigenvalue weighted by molar-refractivity contribution is 7.90. The van der Waals surface area contributed by atoms with Crippen LogP contribution < -0.4 is 5.32 Å². The third kappa shape index (κ3) is 4.68. The average Bonchev–Trinajstić information content (AvgIpc) is 2.36. The first-order valence-corrected chi connectivity index (χ1v) is 8.42. The number of nitro groups is 1. The van der Waals surface area contributed by atoms with E-state index in [-0.39, 0.29) is 23.5 Å². The lowest BCUT2D eigenvalue weighted by atomic mass is 10.0.